The van der Waals surface area contributed by atoms with Crippen molar-refractivity contribution in [1.82, 2.24) is 0 Å². The van der Waals surface area contributed by atoms with Gasteiger partial charge in [-0.05, 0) is 17.5 Å². The molecule has 0 unspecified atom stereocenters. The molecule has 19 heavy (non-hydrogen) atoms. The Morgan fingerprint density at radius 2 is 1.37 bits per heavy atom. The number of benzene rings is 2. The number of aliphatic hydroxyl groups is 1. The molecule has 1 saturated carbocycles. The summed E-state index contributed by atoms with van der Waals surface area (Å²) in [4.78, 5) is 0.352. The minimum absolute atomic E-state index is 0.157. The third kappa shape index (κ3) is 1.86. The first-order valence-corrected chi connectivity index (χ1v) is 7.48. The Balaban J connectivity index is 2.18. The number of hydrogen-bond acceptors (Lipinski definition) is 1. The van der Waals surface area contributed by atoms with Crippen molar-refractivity contribution in [2.24, 2.45) is 5.41 Å². The molecule has 0 amide bonds. The molecule has 2 aromatic carbocycles. The van der Waals surface area contributed by atoms with Crippen molar-refractivity contribution in [3.05, 3.63) is 71.8 Å². The van der Waals surface area contributed by atoms with Crippen LogP contribution in [0.2, 0.25) is 0 Å². The Bertz CT molecular complexity index is 527. The number of hydrogen-bond donors (Lipinski definition) is 1. The third-order valence-electron chi connectivity index (χ3n) is 4.34. The highest BCUT2D eigenvalue weighted by Gasteiger charge is 2.63. The molecule has 1 N–H and O–H groups in total. The summed E-state index contributed by atoms with van der Waals surface area (Å²) < 4.78 is 0. The first-order valence-electron chi connectivity index (χ1n) is 6.56. The molecule has 0 aliphatic heterocycles. The molecule has 1 nitrogen and oxygen atoms in total. The van der Waals surface area contributed by atoms with Crippen LogP contribution in [0.1, 0.15) is 24.5 Å². The van der Waals surface area contributed by atoms with Crippen molar-refractivity contribution < 1.29 is 5.11 Å². The SMILES string of the molecule is C[C@@]1(C(O)(c2ccccc2)c2ccccc2)C[C@@H]1Br. The second kappa shape index (κ2) is 4.46. The van der Waals surface area contributed by atoms with Gasteiger partial charge in [-0.25, -0.2) is 0 Å². The third-order valence-corrected chi connectivity index (χ3v) is 5.68. The Hall–Kier alpha value is -1.12. The lowest BCUT2D eigenvalue weighted by Crippen LogP contribution is -2.37. The van der Waals surface area contributed by atoms with Gasteiger partial charge in [-0.1, -0.05) is 83.5 Å². The van der Waals surface area contributed by atoms with Crippen molar-refractivity contribution in [2.75, 3.05) is 0 Å². The maximum Gasteiger partial charge on any atom is 0.121 e. The molecule has 0 spiro atoms. The standard InChI is InChI=1S/C17H17BrO/c1-16(12-15(16)18)17(19,13-8-4-2-5-9-13)14-10-6-3-7-11-14/h2-11,15,19H,12H2,1H3/t15-,16+/m0/s1. The summed E-state index contributed by atoms with van der Waals surface area (Å²) in [7, 11) is 0. The van der Waals surface area contributed by atoms with Gasteiger partial charge >= 0.3 is 0 Å². The zero-order valence-electron chi connectivity index (χ0n) is 10.9. The highest BCUT2D eigenvalue weighted by molar-refractivity contribution is 9.09. The van der Waals surface area contributed by atoms with E-state index < -0.39 is 5.60 Å². The molecule has 2 heteroatoms. The van der Waals surface area contributed by atoms with Crippen molar-refractivity contribution in [3.8, 4) is 0 Å². The number of halogens is 1. The minimum atomic E-state index is -0.941. The molecule has 3 rings (SSSR count). The summed E-state index contributed by atoms with van der Waals surface area (Å²) in [6.45, 7) is 2.15. The molecule has 2 atom stereocenters. The van der Waals surface area contributed by atoms with Gasteiger partial charge in [0.05, 0.1) is 0 Å². The van der Waals surface area contributed by atoms with Crippen LogP contribution < -0.4 is 0 Å². The van der Waals surface area contributed by atoms with E-state index in [1.54, 1.807) is 0 Å². The summed E-state index contributed by atoms with van der Waals surface area (Å²) in [5.41, 5.74) is 0.829. The minimum Gasteiger partial charge on any atom is -0.380 e. The molecule has 0 saturated heterocycles. The van der Waals surface area contributed by atoms with Crippen LogP contribution in [0.3, 0.4) is 0 Å². The normalized spacial score (nSPS) is 26.2. The maximum atomic E-state index is 11.5. The summed E-state index contributed by atoms with van der Waals surface area (Å²) in [5, 5.41) is 11.5. The summed E-state index contributed by atoms with van der Waals surface area (Å²) >= 11 is 3.68. The fourth-order valence-electron chi connectivity index (χ4n) is 2.87. The Morgan fingerprint density at radius 1 is 1.00 bits per heavy atom. The first kappa shape index (κ1) is 12.9. The van der Waals surface area contributed by atoms with E-state index in [4.69, 9.17) is 0 Å². The smallest absolute Gasteiger partial charge is 0.121 e. The highest BCUT2D eigenvalue weighted by Crippen LogP contribution is 2.63. The van der Waals surface area contributed by atoms with Crippen LogP contribution in [0.5, 0.6) is 0 Å². The first-order chi connectivity index (χ1) is 9.09. The van der Waals surface area contributed by atoms with Gasteiger partial charge in [0.2, 0.25) is 0 Å². The molecule has 98 valence electrons. The Morgan fingerprint density at radius 3 is 1.68 bits per heavy atom. The average Bonchev–Trinajstić information content (AvgIpc) is 3.09. The van der Waals surface area contributed by atoms with Gasteiger partial charge in [0.1, 0.15) is 5.60 Å². The van der Waals surface area contributed by atoms with Crippen molar-refractivity contribution in [1.29, 1.82) is 0 Å². The van der Waals surface area contributed by atoms with E-state index in [9.17, 15) is 5.11 Å². The molecule has 2 aromatic rings. The quantitative estimate of drug-likeness (QED) is 0.845. The molecule has 0 heterocycles. The van der Waals surface area contributed by atoms with E-state index in [-0.39, 0.29) is 5.41 Å². The fraction of sp³-hybridized carbons (Fsp3) is 0.294. The van der Waals surface area contributed by atoms with Crippen LogP contribution in [0, 0.1) is 5.41 Å². The highest BCUT2D eigenvalue weighted by atomic mass is 79.9. The van der Waals surface area contributed by atoms with E-state index in [0.717, 1.165) is 17.5 Å². The van der Waals surface area contributed by atoms with Gasteiger partial charge in [0.15, 0.2) is 0 Å². The van der Waals surface area contributed by atoms with Crippen LogP contribution in [-0.4, -0.2) is 9.93 Å². The summed E-state index contributed by atoms with van der Waals surface area (Å²) in [6, 6.07) is 19.9. The van der Waals surface area contributed by atoms with Crippen LogP contribution in [0.25, 0.3) is 0 Å². The molecular formula is C17H17BrO. The van der Waals surface area contributed by atoms with Gasteiger partial charge in [0.25, 0.3) is 0 Å². The van der Waals surface area contributed by atoms with Gasteiger partial charge in [-0.15, -0.1) is 0 Å². The second-order valence-electron chi connectivity index (χ2n) is 5.53. The van der Waals surface area contributed by atoms with E-state index in [0.29, 0.717) is 4.83 Å². The Kier molecular flexibility index (Phi) is 3.03. The molecule has 0 bridgehead atoms. The van der Waals surface area contributed by atoms with E-state index >= 15 is 0 Å². The lowest BCUT2D eigenvalue weighted by atomic mass is 9.74. The van der Waals surface area contributed by atoms with Crippen LogP contribution in [-0.2, 0) is 5.60 Å². The van der Waals surface area contributed by atoms with E-state index in [1.807, 2.05) is 60.7 Å². The Labute approximate surface area is 122 Å². The topological polar surface area (TPSA) is 20.2 Å². The molecule has 1 aliphatic carbocycles. The predicted molar refractivity (Wildman–Crippen MR) is 81.3 cm³/mol. The van der Waals surface area contributed by atoms with Gasteiger partial charge < -0.3 is 5.11 Å². The van der Waals surface area contributed by atoms with Crippen LogP contribution >= 0.6 is 15.9 Å². The number of rotatable bonds is 3. The van der Waals surface area contributed by atoms with Gasteiger partial charge in [-0.2, -0.15) is 0 Å². The monoisotopic (exact) mass is 316 g/mol. The number of alkyl halides is 1. The molecule has 0 radical (unpaired) electrons. The van der Waals surface area contributed by atoms with Gasteiger partial charge in [0, 0.05) is 10.2 Å². The maximum absolute atomic E-state index is 11.5. The fourth-order valence-corrected chi connectivity index (χ4v) is 3.88. The van der Waals surface area contributed by atoms with Gasteiger partial charge in [-0.3, -0.25) is 0 Å². The van der Waals surface area contributed by atoms with E-state index in [2.05, 4.69) is 22.9 Å². The largest absolute Gasteiger partial charge is 0.380 e. The molecular weight excluding hydrogens is 300 g/mol. The average molecular weight is 317 g/mol. The summed E-state index contributed by atoms with van der Waals surface area (Å²) in [6.07, 6.45) is 0.979. The molecule has 1 fully saturated rings. The lowest BCUT2D eigenvalue weighted by molar-refractivity contribution is 0.0110. The van der Waals surface area contributed by atoms with Crippen molar-refractivity contribution >= 4 is 15.9 Å². The zero-order chi connectivity index (χ0) is 13.5. The van der Waals surface area contributed by atoms with Crippen molar-refractivity contribution in [3.63, 3.8) is 0 Å². The molecule has 0 aromatic heterocycles. The van der Waals surface area contributed by atoms with Crippen LogP contribution in [0.15, 0.2) is 60.7 Å². The summed E-state index contributed by atoms with van der Waals surface area (Å²) in [5.74, 6) is 0. The van der Waals surface area contributed by atoms with E-state index in [1.165, 1.54) is 0 Å². The second-order valence-corrected chi connectivity index (χ2v) is 6.64. The lowest BCUT2D eigenvalue weighted by Gasteiger charge is -2.36. The molecule has 1 aliphatic rings. The van der Waals surface area contributed by atoms with Crippen LogP contribution in [0.4, 0.5) is 0 Å². The van der Waals surface area contributed by atoms with Crippen molar-refractivity contribution in [2.45, 2.75) is 23.8 Å². The zero-order valence-corrected chi connectivity index (χ0v) is 12.5. The predicted octanol–water partition coefficient (Wildman–Crippen LogP) is 4.10.